The Morgan fingerprint density at radius 3 is 2.75 bits per heavy atom. The van der Waals surface area contributed by atoms with Gasteiger partial charge in [0.25, 0.3) is 0 Å². The molecule has 0 fully saturated rings. The summed E-state index contributed by atoms with van der Waals surface area (Å²) in [5.41, 5.74) is 2.20. The number of hydrogen-bond donors (Lipinski definition) is 1. The average molecular weight is 287 g/mol. The largest absolute Gasteiger partial charge is 0.370 e. The molecule has 0 spiro atoms. The number of nitrogens with zero attached hydrogens (tertiary/aromatic N) is 4. The van der Waals surface area contributed by atoms with E-state index >= 15 is 0 Å². The molecule has 0 radical (unpaired) electrons. The molecule has 0 amide bonds. The highest BCUT2D eigenvalue weighted by atomic mass is 32.1. The van der Waals surface area contributed by atoms with E-state index < -0.39 is 0 Å². The molecule has 0 saturated carbocycles. The van der Waals surface area contributed by atoms with Crippen molar-refractivity contribution in [1.29, 1.82) is 0 Å². The molecular formula is C14H17N5S. The molecule has 104 valence electrons. The van der Waals surface area contributed by atoms with Crippen LogP contribution in [0.5, 0.6) is 0 Å². The quantitative estimate of drug-likeness (QED) is 0.804. The lowest BCUT2D eigenvalue weighted by molar-refractivity contribution is 0.768. The Hall–Kier alpha value is -1.95. The zero-order chi connectivity index (χ0) is 14.3. The molecule has 3 heterocycles. The summed E-state index contributed by atoms with van der Waals surface area (Å²) < 4.78 is 1.76. The van der Waals surface area contributed by atoms with Gasteiger partial charge in [0.05, 0.1) is 17.1 Å². The number of hydrogen-bond acceptors (Lipinski definition) is 5. The standard InChI is InChI=1S/C14H17N5S/c1-5-15-13-11-8(2)9(3)20-14(11)18-12(17-13)10-6-16-19(4)7-10/h6-7H,5H2,1-4H3,(H,15,17,18). The Morgan fingerprint density at radius 2 is 2.10 bits per heavy atom. The second-order valence-electron chi connectivity index (χ2n) is 4.79. The van der Waals surface area contributed by atoms with Crippen molar-refractivity contribution in [3.63, 3.8) is 0 Å². The van der Waals surface area contributed by atoms with Gasteiger partial charge in [-0.15, -0.1) is 11.3 Å². The van der Waals surface area contributed by atoms with Crippen LogP contribution in [-0.4, -0.2) is 26.3 Å². The van der Waals surface area contributed by atoms with E-state index in [0.717, 1.165) is 34.0 Å². The third kappa shape index (κ3) is 2.06. The van der Waals surface area contributed by atoms with Gasteiger partial charge in [0.2, 0.25) is 0 Å². The minimum atomic E-state index is 0.725. The molecule has 0 unspecified atom stereocenters. The summed E-state index contributed by atoms with van der Waals surface area (Å²) in [4.78, 5) is 11.7. The monoisotopic (exact) mass is 287 g/mol. The minimum absolute atomic E-state index is 0.725. The summed E-state index contributed by atoms with van der Waals surface area (Å²) in [7, 11) is 1.90. The van der Waals surface area contributed by atoms with E-state index in [1.54, 1.807) is 22.2 Å². The van der Waals surface area contributed by atoms with Crippen LogP contribution in [0, 0.1) is 13.8 Å². The first-order valence-electron chi connectivity index (χ1n) is 6.60. The highest BCUT2D eigenvalue weighted by molar-refractivity contribution is 7.18. The predicted octanol–water partition coefficient (Wildman–Crippen LogP) is 3.14. The molecule has 3 rings (SSSR count). The Kier molecular flexibility index (Phi) is 3.17. The zero-order valence-corrected chi connectivity index (χ0v) is 12.9. The molecule has 6 heteroatoms. The molecule has 20 heavy (non-hydrogen) atoms. The van der Waals surface area contributed by atoms with Crippen molar-refractivity contribution in [3.05, 3.63) is 22.8 Å². The number of anilines is 1. The van der Waals surface area contributed by atoms with Crippen molar-refractivity contribution in [1.82, 2.24) is 19.7 Å². The molecule has 3 aromatic rings. The molecule has 0 bridgehead atoms. The first-order chi connectivity index (χ1) is 9.60. The molecule has 0 saturated heterocycles. The van der Waals surface area contributed by atoms with Crippen LogP contribution in [0.3, 0.4) is 0 Å². The Balaban J connectivity index is 2.25. The van der Waals surface area contributed by atoms with Crippen LogP contribution in [-0.2, 0) is 7.05 Å². The maximum Gasteiger partial charge on any atom is 0.166 e. The van der Waals surface area contributed by atoms with Crippen molar-refractivity contribution in [3.8, 4) is 11.4 Å². The molecule has 5 nitrogen and oxygen atoms in total. The number of thiophene rings is 1. The van der Waals surface area contributed by atoms with Gasteiger partial charge in [-0.25, -0.2) is 9.97 Å². The van der Waals surface area contributed by atoms with Gasteiger partial charge < -0.3 is 5.32 Å². The fourth-order valence-corrected chi connectivity index (χ4v) is 3.24. The zero-order valence-electron chi connectivity index (χ0n) is 12.1. The van der Waals surface area contributed by atoms with Crippen LogP contribution in [0.4, 0.5) is 5.82 Å². The third-order valence-electron chi connectivity index (χ3n) is 3.34. The third-order valence-corrected chi connectivity index (χ3v) is 4.44. The van der Waals surface area contributed by atoms with E-state index in [0.29, 0.717) is 0 Å². The molecular weight excluding hydrogens is 270 g/mol. The Bertz CT molecular complexity index is 771. The van der Waals surface area contributed by atoms with Crippen LogP contribution >= 0.6 is 11.3 Å². The summed E-state index contributed by atoms with van der Waals surface area (Å²) >= 11 is 1.72. The van der Waals surface area contributed by atoms with Crippen LogP contribution in [0.2, 0.25) is 0 Å². The Morgan fingerprint density at radius 1 is 1.30 bits per heavy atom. The van der Waals surface area contributed by atoms with Gasteiger partial charge in [-0.1, -0.05) is 0 Å². The van der Waals surface area contributed by atoms with Crippen LogP contribution in [0.15, 0.2) is 12.4 Å². The van der Waals surface area contributed by atoms with Crippen LogP contribution in [0.25, 0.3) is 21.6 Å². The van der Waals surface area contributed by atoms with Gasteiger partial charge in [0, 0.05) is 24.7 Å². The molecule has 0 aromatic carbocycles. The van der Waals surface area contributed by atoms with E-state index in [1.807, 2.05) is 13.2 Å². The van der Waals surface area contributed by atoms with E-state index in [4.69, 9.17) is 4.98 Å². The predicted molar refractivity (Wildman–Crippen MR) is 83.3 cm³/mol. The Labute approximate surface area is 121 Å². The summed E-state index contributed by atoms with van der Waals surface area (Å²) in [6, 6.07) is 0. The molecule has 0 aliphatic rings. The first-order valence-corrected chi connectivity index (χ1v) is 7.42. The number of aromatic nitrogens is 4. The lowest BCUT2D eigenvalue weighted by Crippen LogP contribution is -2.02. The van der Waals surface area contributed by atoms with Crippen molar-refractivity contribution in [2.75, 3.05) is 11.9 Å². The summed E-state index contributed by atoms with van der Waals surface area (Å²) in [5.74, 6) is 1.64. The maximum absolute atomic E-state index is 4.70. The fourth-order valence-electron chi connectivity index (χ4n) is 2.21. The topological polar surface area (TPSA) is 55.6 Å². The van der Waals surface area contributed by atoms with Crippen molar-refractivity contribution < 1.29 is 0 Å². The van der Waals surface area contributed by atoms with Gasteiger partial charge >= 0.3 is 0 Å². The smallest absolute Gasteiger partial charge is 0.166 e. The maximum atomic E-state index is 4.70. The van der Waals surface area contributed by atoms with Gasteiger partial charge in [-0.3, -0.25) is 4.68 Å². The van der Waals surface area contributed by atoms with Crippen LogP contribution in [0.1, 0.15) is 17.4 Å². The van der Waals surface area contributed by atoms with Crippen LogP contribution < -0.4 is 5.32 Å². The number of nitrogens with one attached hydrogen (secondary N) is 1. The molecule has 1 N–H and O–H groups in total. The SMILES string of the molecule is CCNc1nc(-c2cnn(C)c2)nc2sc(C)c(C)c12. The van der Waals surface area contributed by atoms with Gasteiger partial charge in [0.15, 0.2) is 5.82 Å². The first kappa shape index (κ1) is 13.1. The fraction of sp³-hybridized carbons (Fsp3) is 0.357. The highest BCUT2D eigenvalue weighted by Crippen LogP contribution is 2.34. The normalized spacial score (nSPS) is 11.2. The second-order valence-corrected chi connectivity index (χ2v) is 6.00. The summed E-state index contributed by atoms with van der Waals surface area (Å²) in [5, 5.41) is 8.68. The summed E-state index contributed by atoms with van der Waals surface area (Å²) in [6.45, 7) is 7.17. The van der Waals surface area contributed by atoms with Crippen molar-refractivity contribution in [2.24, 2.45) is 7.05 Å². The summed E-state index contributed by atoms with van der Waals surface area (Å²) in [6.07, 6.45) is 3.73. The van der Waals surface area contributed by atoms with E-state index in [-0.39, 0.29) is 0 Å². The molecule has 0 aliphatic heterocycles. The van der Waals surface area contributed by atoms with Gasteiger partial charge in [-0.05, 0) is 26.3 Å². The lowest BCUT2D eigenvalue weighted by Gasteiger charge is -2.07. The number of rotatable bonds is 3. The molecule has 0 aliphatic carbocycles. The van der Waals surface area contributed by atoms with Crippen molar-refractivity contribution in [2.45, 2.75) is 20.8 Å². The van der Waals surface area contributed by atoms with Gasteiger partial charge in [-0.2, -0.15) is 5.10 Å². The van der Waals surface area contributed by atoms with E-state index in [2.05, 4.69) is 36.2 Å². The number of fused-ring (bicyclic) bond motifs is 1. The number of aryl methyl sites for hydroxylation is 3. The van der Waals surface area contributed by atoms with Crippen molar-refractivity contribution >= 4 is 27.4 Å². The minimum Gasteiger partial charge on any atom is -0.370 e. The molecule has 0 atom stereocenters. The second kappa shape index (κ2) is 4.86. The highest BCUT2D eigenvalue weighted by Gasteiger charge is 2.15. The average Bonchev–Trinajstić information content (AvgIpc) is 2.95. The molecule has 3 aromatic heterocycles. The van der Waals surface area contributed by atoms with E-state index in [9.17, 15) is 0 Å². The lowest BCUT2D eigenvalue weighted by atomic mass is 10.2. The van der Waals surface area contributed by atoms with Gasteiger partial charge in [0.1, 0.15) is 10.6 Å². The van der Waals surface area contributed by atoms with E-state index in [1.165, 1.54) is 10.4 Å².